The highest BCUT2D eigenvalue weighted by molar-refractivity contribution is 6.42. The molecule has 0 spiro atoms. The van der Waals surface area contributed by atoms with Gasteiger partial charge < -0.3 is 9.84 Å². The van der Waals surface area contributed by atoms with Crippen LogP contribution in [-0.2, 0) is 17.8 Å². The number of aromatic nitrogens is 2. The summed E-state index contributed by atoms with van der Waals surface area (Å²) in [6.45, 7) is 0.150. The second-order valence-electron chi connectivity index (χ2n) is 5.52. The highest BCUT2D eigenvalue weighted by Crippen LogP contribution is 2.25. The summed E-state index contributed by atoms with van der Waals surface area (Å²) < 4.78 is 5.15. The van der Waals surface area contributed by atoms with E-state index in [-0.39, 0.29) is 12.5 Å². The van der Waals surface area contributed by atoms with Crippen molar-refractivity contribution < 1.29 is 9.32 Å². The molecule has 0 saturated carbocycles. The summed E-state index contributed by atoms with van der Waals surface area (Å²) in [6.07, 6.45) is 0.862. The number of aryl methyl sites for hydroxylation is 1. The van der Waals surface area contributed by atoms with Crippen LogP contribution < -0.4 is 5.32 Å². The molecule has 1 heterocycles. The fourth-order valence-electron chi connectivity index (χ4n) is 2.29. The Balaban J connectivity index is 1.52. The van der Waals surface area contributed by atoms with Crippen LogP contribution >= 0.6 is 34.8 Å². The predicted octanol–water partition coefficient (Wildman–Crippen LogP) is 4.95. The Morgan fingerprint density at radius 1 is 1.04 bits per heavy atom. The van der Waals surface area contributed by atoms with Crippen molar-refractivity contribution >= 4 is 40.7 Å². The van der Waals surface area contributed by atoms with Crippen molar-refractivity contribution in [3.63, 3.8) is 0 Å². The highest BCUT2D eigenvalue weighted by Gasteiger charge is 2.12. The SMILES string of the molecule is O=C(CCc1ccc(Cl)c(Cl)c1)NCc1nc(-c2ccccc2Cl)no1. The molecule has 5 nitrogen and oxygen atoms in total. The molecule has 1 N–H and O–H groups in total. The van der Waals surface area contributed by atoms with Crippen LogP contribution in [0.4, 0.5) is 0 Å². The molecule has 0 aliphatic heterocycles. The predicted molar refractivity (Wildman–Crippen MR) is 101 cm³/mol. The van der Waals surface area contributed by atoms with Crippen LogP contribution in [0.1, 0.15) is 17.9 Å². The van der Waals surface area contributed by atoms with Gasteiger partial charge in [-0.05, 0) is 36.2 Å². The maximum atomic E-state index is 12.0. The molecule has 0 aliphatic carbocycles. The summed E-state index contributed by atoms with van der Waals surface area (Å²) in [5.74, 6) is 0.562. The lowest BCUT2D eigenvalue weighted by Crippen LogP contribution is -2.23. The zero-order valence-electron chi connectivity index (χ0n) is 13.5. The molecule has 0 atom stereocenters. The van der Waals surface area contributed by atoms with Crippen molar-refractivity contribution in [1.29, 1.82) is 0 Å². The molecule has 1 amide bonds. The van der Waals surface area contributed by atoms with Crippen molar-refractivity contribution in [3.8, 4) is 11.4 Å². The fourth-order valence-corrected chi connectivity index (χ4v) is 2.84. The van der Waals surface area contributed by atoms with Gasteiger partial charge in [0.15, 0.2) is 0 Å². The summed E-state index contributed by atoms with van der Waals surface area (Å²) in [5, 5.41) is 8.13. The van der Waals surface area contributed by atoms with Crippen LogP contribution in [0.3, 0.4) is 0 Å². The van der Waals surface area contributed by atoms with Gasteiger partial charge in [-0.3, -0.25) is 4.79 Å². The van der Waals surface area contributed by atoms with Crippen LogP contribution in [0.15, 0.2) is 47.0 Å². The fraction of sp³-hybridized carbons (Fsp3) is 0.167. The zero-order valence-corrected chi connectivity index (χ0v) is 15.8. The summed E-state index contributed by atoms with van der Waals surface area (Å²) in [7, 11) is 0. The van der Waals surface area contributed by atoms with Crippen molar-refractivity contribution in [3.05, 3.63) is 69.0 Å². The Bertz CT molecular complexity index is 928. The van der Waals surface area contributed by atoms with Gasteiger partial charge in [-0.25, -0.2) is 0 Å². The lowest BCUT2D eigenvalue weighted by atomic mass is 10.1. The second kappa shape index (κ2) is 8.54. The molecule has 0 fully saturated rings. The van der Waals surface area contributed by atoms with E-state index in [1.807, 2.05) is 18.2 Å². The van der Waals surface area contributed by atoms with Crippen molar-refractivity contribution in [2.75, 3.05) is 0 Å². The number of rotatable bonds is 6. The topological polar surface area (TPSA) is 68.0 Å². The number of carbonyl (C=O) groups excluding carboxylic acids is 1. The summed E-state index contributed by atoms with van der Waals surface area (Å²) in [5.41, 5.74) is 1.61. The number of nitrogens with zero attached hydrogens (tertiary/aromatic N) is 2. The number of nitrogens with one attached hydrogen (secondary N) is 1. The molecule has 3 rings (SSSR count). The van der Waals surface area contributed by atoms with Crippen molar-refractivity contribution in [2.45, 2.75) is 19.4 Å². The highest BCUT2D eigenvalue weighted by atomic mass is 35.5. The van der Waals surface area contributed by atoms with Crippen molar-refractivity contribution in [1.82, 2.24) is 15.5 Å². The van der Waals surface area contributed by atoms with Gasteiger partial charge in [-0.2, -0.15) is 4.98 Å². The summed E-state index contributed by atoms with van der Waals surface area (Å²) in [6, 6.07) is 12.5. The zero-order chi connectivity index (χ0) is 18.5. The van der Waals surface area contributed by atoms with E-state index >= 15 is 0 Å². The van der Waals surface area contributed by atoms with Crippen LogP contribution in [0.25, 0.3) is 11.4 Å². The molecule has 8 heteroatoms. The largest absolute Gasteiger partial charge is 0.347 e. The maximum absolute atomic E-state index is 12.0. The van der Waals surface area contributed by atoms with Gasteiger partial charge >= 0.3 is 0 Å². The smallest absolute Gasteiger partial charge is 0.246 e. The van der Waals surface area contributed by atoms with Crippen molar-refractivity contribution in [2.24, 2.45) is 0 Å². The van der Waals surface area contributed by atoms with E-state index in [1.54, 1.807) is 24.3 Å². The van der Waals surface area contributed by atoms with E-state index in [9.17, 15) is 4.79 Å². The average Bonchev–Trinajstić information content (AvgIpc) is 3.10. The Morgan fingerprint density at radius 2 is 1.85 bits per heavy atom. The minimum atomic E-state index is -0.131. The number of hydrogen-bond acceptors (Lipinski definition) is 4. The number of halogens is 3. The Labute approximate surface area is 165 Å². The molecule has 0 saturated heterocycles. The van der Waals surface area contributed by atoms with Crippen LogP contribution in [0.5, 0.6) is 0 Å². The van der Waals surface area contributed by atoms with E-state index < -0.39 is 0 Å². The quantitative estimate of drug-likeness (QED) is 0.624. The lowest BCUT2D eigenvalue weighted by molar-refractivity contribution is -0.121. The number of benzene rings is 2. The first-order chi connectivity index (χ1) is 12.5. The Morgan fingerprint density at radius 3 is 2.62 bits per heavy atom. The van der Waals surface area contributed by atoms with E-state index in [0.717, 1.165) is 5.56 Å². The Kier molecular flexibility index (Phi) is 6.14. The van der Waals surface area contributed by atoms with Crippen LogP contribution in [0, 0.1) is 0 Å². The first-order valence-corrected chi connectivity index (χ1v) is 8.94. The van der Waals surface area contributed by atoms with Gasteiger partial charge in [-0.15, -0.1) is 0 Å². The first-order valence-electron chi connectivity index (χ1n) is 7.81. The molecule has 26 heavy (non-hydrogen) atoms. The molecule has 0 radical (unpaired) electrons. The molecule has 1 aromatic heterocycles. The lowest BCUT2D eigenvalue weighted by Gasteiger charge is -2.04. The third kappa shape index (κ3) is 4.75. The van der Waals surface area contributed by atoms with E-state index in [0.29, 0.717) is 45.2 Å². The van der Waals surface area contributed by atoms with Gasteiger partial charge in [-0.1, -0.05) is 58.2 Å². The molecular formula is C18H14Cl3N3O2. The van der Waals surface area contributed by atoms with Gasteiger partial charge in [0.25, 0.3) is 0 Å². The monoisotopic (exact) mass is 409 g/mol. The van der Waals surface area contributed by atoms with Gasteiger partial charge in [0.1, 0.15) is 0 Å². The minimum absolute atomic E-state index is 0.131. The Hall–Kier alpha value is -2.08. The molecule has 3 aromatic rings. The van der Waals surface area contributed by atoms with Crippen LogP contribution in [-0.4, -0.2) is 16.0 Å². The maximum Gasteiger partial charge on any atom is 0.246 e. The van der Waals surface area contributed by atoms with Gasteiger partial charge in [0, 0.05) is 12.0 Å². The van der Waals surface area contributed by atoms with E-state index in [1.165, 1.54) is 0 Å². The van der Waals surface area contributed by atoms with Gasteiger partial charge in [0.2, 0.25) is 17.6 Å². The first kappa shape index (κ1) is 18.7. The molecular weight excluding hydrogens is 397 g/mol. The molecule has 134 valence electrons. The molecule has 2 aromatic carbocycles. The molecule has 0 aliphatic rings. The van der Waals surface area contributed by atoms with E-state index in [2.05, 4.69) is 15.5 Å². The normalized spacial score (nSPS) is 10.7. The number of carbonyl (C=O) groups is 1. The molecule has 0 bridgehead atoms. The summed E-state index contributed by atoms with van der Waals surface area (Å²) >= 11 is 17.9. The third-order valence-corrected chi connectivity index (χ3v) is 4.71. The van der Waals surface area contributed by atoms with E-state index in [4.69, 9.17) is 39.3 Å². The van der Waals surface area contributed by atoms with Crippen LogP contribution in [0.2, 0.25) is 15.1 Å². The van der Waals surface area contributed by atoms with Gasteiger partial charge in [0.05, 0.1) is 21.6 Å². The standard InChI is InChI=1S/C18H14Cl3N3O2/c19-13-4-2-1-3-12(13)18-23-17(26-24-18)10-22-16(25)8-6-11-5-7-14(20)15(21)9-11/h1-5,7,9H,6,8,10H2,(H,22,25). The number of amides is 1. The third-order valence-electron chi connectivity index (χ3n) is 3.64. The average molecular weight is 411 g/mol. The molecule has 0 unspecified atom stereocenters. The number of hydrogen-bond donors (Lipinski definition) is 1. The summed E-state index contributed by atoms with van der Waals surface area (Å²) in [4.78, 5) is 16.2. The second-order valence-corrected chi connectivity index (χ2v) is 6.74. The minimum Gasteiger partial charge on any atom is -0.347 e.